The van der Waals surface area contributed by atoms with Gasteiger partial charge in [-0.1, -0.05) is 24.3 Å². The summed E-state index contributed by atoms with van der Waals surface area (Å²) in [6, 6.07) is 14.3. The largest absolute Gasteiger partial charge is 0.277 e. The van der Waals surface area contributed by atoms with Crippen LogP contribution < -0.4 is 0 Å². The molecule has 2 aromatic heterocycles. The van der Waals surface area contributed by atoms with Crippen molar-refractivity contribution in [3.05, 3.63) is 59.9 Å². The van der Waals surface area contributed by atoms with Gasteiger partial charge in [0.15, 0.2) is 0 Å². The maximum atomic E-state index is 9.56. The van der Waals surface area contributed by atoms with Crippen molar-refractivity contribution in [2.24, 2.45) is 7.05 Å². The van der Waals surface area contributed by atoms with E-state index in [1.165, 1.54) is 0 Å². The zero-order chi connectivity index (χ0) is 16.7. The highest BCUT2D eigenvalue weighted by atomic mass is 15.2. The fraction of sp³-hybridized carbons (Fsp3) is 0.105. The third-order valence-electron chi connectivity index (χ3n) is 4.23. The number of nitrogens with one attached hydrogen (secondary N) is 1. The van der Waals surface area contributed by atoms with Crippen LogP contribution >= 0.6 is 0 Å². The average Bonchev–Trinajstić information content (AvgIpc) is 3.19. The smallest absolute Gasteiger partial charge is 0.103 e. The quantitative estimate of drug-likeness (QED) is 0.611. The molecule has 0 aliphatic rings. The molecule has 0 aliphatic carbocycles. The van der Waals surface area contributed by atoms with Gasteiger partial charge in [0.25, 0.3) is 0 Å². The van der Waals surface area contributed by atoms with Crippen molar-refractivity contribution in [1.82, 2.24) is 20.0 Å². The molecule has 0 amide bonds. The van der Waals surface area contributed by atoms with Gasteiger partial charge in [-0.05, 0) is 30.2 Å². The number of benzene rings is 2. The fourth-order valence-electron chi connectivity index (χ4n) is 3.02. The zero-order valence-electron chi connectivity index (χ0n) is 13.4. The lowest BCUT2D eigenvalue weighted by molar-refractivity contribution is 0.768. The normalized spacial score (nSPS) is 10.9. The highest BCUT2D eigenvalue weighted by Crippen LogP contribution is 2.34. The molecule has 2 heterocycles. The molecular weight excluding hydrogens is 298 g/mol. The lowest BCUT2D eigenvalue weighted by Crippen LogP contribution is -1.88. The SMILES string of the molecule is Cc1ccccc1-c1cc2c(-c3cnn(C)c3)n[nH]c2cc1C#N. The second-order valence-electron chi connectivity index (χ2n) is 5.84. The number of aromatic nitrogens is 4. The van der Waals surface area contributed by atoms with Crippen LogP contribution in [-0.4, -0.2) is 20.0 Å². The number of aromatic amines is 1. The average molecular weight is 313 g/mol. The highest BCUT2D eigenvalue weighted by Gasteiger charge is 2.15. The Labute approximate surface area is 139 Å². The number of hydrogen-bond acceptors (Lipinski definition) is 3. The lowest BCUT2D eigenvalue weighted by Gasteiger charge is -2.08. The van der Waals surface area contributed by atoms with Crippen molar-refractivity contribution < 1.29 is 0 Å². The second kappa shape index (κ2) is 5.36. The first-order chi connectivity index (χ1) is 11.7. The molecule has 0 unspecified atom stereocenters. The minimum absolute atomic E-state index is 0.637. The van der Waals surface area contributed by atoms with Crippen LogP contribution in [0.4, 0.5) is 0 Å². The van der Waals surface area contributed by atoms with Gasteiger partial charge < -0.3 is 0 Å². The minimum Gasteiger partial charge on any atom is -0.277 e. The Kier molecular flexibility index (Phi) is 3.17. The van der Waals surface area contributed by atoms with Crippen LogP contribution in [0.3, 0.4) is 0 Å². The molecule has 0 spiro atoms. The molecule has 0 fully saturated rings. The predicted molar refractivity (Wildman–Crippen MR) is 93.2 cm³/mol. The first kappa shape index (κ1) is 14.2. The van der Waals surface area contributed by atoms with Crippen LogP contribution in [-0.2, 0) is 7.05 Å². The van der Waals surface area contributed by atoms with E-state index < -0.39 is 0 Å². The van der Waals surface area contributed by atoms with E-state index in [1.807, 2.05) is 43.6 Å². The molecule has 24 heavy (non-hydrogen) atoms. The zero-order valence-corrected chi connectivity index (χ0v) is 13.4. The molecule has 4 aromatic rings. The Hall–Kier alpha value is -3.39. The molecule has 4 rings (SSSR count). The summed E-state index contributed by atoms with van der Waals surface area (Å²) in [7, 11) is 1.88. The number of hydrogen-bond donors (Lipinski definition) is 1. The Bertz CT molecular complexity index is 1090. The van der Waals surface area contributed by atoms with Crippen LogP contribution in [0, 0.1) is 18.3 Å². The maximum Gasteiger partial charge on any atom is 0.103 e. The van der Waals surface area contributed by atoms with E-state index >= 15 is 0 Å². The van der Waals surface area contributed by atoms with Gasteiger partial charge in [-0.25, -0.2) is 0 Å². The van der Waals surface area contributed by atoms with Crippen LogP contribution in [0.25, 0.3) is 33.3 Å². The highest BCUT2D eigenvalue weighted by molar-refractivity contribution is 5.97. The van der Waals surface area contributed by atoms with Crippen LogP contribution in [0.1, 0.15) is 11.1 Å². The third-order valence-corrected chi connectivity index (χ3v) is 4.23. The molecule has 0 bridgehead atoms. The molecular formula is C19H15N5. The summed E-state index contributed by atoms with van der Waals surface area (Å²) in [6.07, 6.45) is 3.72. The number of H-pyrrole nitrogens is 1. The molecule has 0 saturated heterocycles. The monoisotopic (exact) mass is 313 g/mol. The fourth-order valence-corrected chi connectivity index (χ4v) is 3.02. The number of aryl methyl sites for hydroxylation is 2. The molecule has 1 N–H and O–H groups in total. The van der Waals surface area contributed by atoms with Crippen LogP contribution in [0.5, 0.6) is 0 Å². The number of nitrogens with zero attached hydrogens (tertiary/aromatic N) is 4. The van der Waals surface area contributed by atoms with Crippen molar-refractivity contribution in [2.45, 2.75) is 6.92 Å². The van der Waals surface area contributed by atoms with E-state index in [1.54, 1.807) is 10.9 Å². The van der Waals surface area contributed by atoms with E-state index in [0.717, 1.165) is 38.9 Å². The van der Waals surface area contributed by atoms with Gasteiger partial charge in [0.1, 0.15) is 5.69 Å². The molecule has 116 valence electrons. The summed E-state index contributed by atoms with van der Waals surface area (Å²) in [6.45, 7) is 2.05. The molecule has 0 saturated carbocycles. The van der Waals surface area contributed by atoms with Gasteiger partial charge in [-0.15, -0.1) is 0 Å². The molecule has 0 atom stereocenters. The van der Waals surface area contributed by atoms with E-state index in [0.29, 0.717) is 5.56 Å². The first-order valence-corrected chi connectivity index (χ1v) is 7.64. The Morgan fingerprint density at radius 3 is 2.71 bits per heavy atom. The summed E-state index contributed by atoms with van der Waals surface area (Å²) >= 11 is 0. The predicted octanol–water partition coefficient (Wildman–Crippen LogP) is 3.81. The lowest BCUT2D eigenvalue weighted by atomic mass is 9.94. The van der Waals surface area contributed by atoms with Gasteiger partial charge in [0, 0.05) is 29.8 Å². The summed E-state index contributed by atoms with van der Waals surface area (Å²) < 4.78 is 1.75. The van der Waals surface area contributed by atoms with Gasteiger partial charge in [-0.3, -0.25) is 9.78 Å². The Morgan fingerprint density at radius 2 is 2.00 bits per heavy atom. The van der Waals surface area contributed by atoms with Crippen molar-refractivity contribution in [3.63, 3.8) is 0 Å². The van der Waals surface area contributed by atoms with Crippen LogP contribution in [0.2, 0.25) is 0 Å². The standard InChI is InChI=1S/C19H15N5/c1-12-5-3-4-6-15(12)16-8-17-18(7-13(16)9-20)22-23-19(17)14-10-21-24(2)11-14/h3-8,10-11H,1-2H3,(H,22,23). The van der Waals surface area contributed by atoms with Crippen LogP contribution in [0.15, 0.2) is 48.8 Å². The summed E-state index contributed by atoms with van der Waals surface area (Å²) in [5.41, 5.74) is 6.41. The van der Waals surface area contributed by atoms with E-state index in [2.05, 4.69) is 34.4 Å². The molecule has 2 aromatic carbocycles. The summed E-state index contributed by atoms with van der Waals surface area (Å²) in [5.74, 6) is 0. The first-order valence-electron chi connectivity index (χ1n) is 7.64. The van der Waals surface area contributed by atoms with E-state index in [-0.39, 0.29) is 0 Å². The minimum atomic E-state index is 0.637. The van der Waals surface area contributed by atoms with E-state index in [4.69, 9.17) is 0 Å². The van der Waals surface area contributed by atoms with Crippen molar-refractivity contribution in [2.75, 3.05) is 0 Å². The van der Waals surface area contributed by atoms with Gasteiger partial charge in [0.2, 0.25) is 0 Å². The maximum absolute atomic E-state index is 9.56. The van der Waals surface area contributed by atoms with Crippen molar-refractivity contribution in [3.8, 4) is 28.5 Å². The van der Waals surface area contributed by atoms with Crippen molar-refractivity contribution in [1.29, 1.82) is 5.26 Å². The Balaban J connectivity index is 2.00. The molecule has 5 nitrogen and oxygen atoms in total. The van der Waals surface area contributed by atoms with Gasteiger partial charge in [-0.2, -0.15) is 15.5 Å². The summed E-state index contributed by atoms with van der Waals surface area (Å²) in [4.78, 5) is 0. The topological polar surface area (TPSA) is 70.3 Å². The number of nitriles is 1. The van der Waals surface area contributed by atoms with Gasteiger partial charge in [0.05, 0.1) is 23.3 Å². The molecule has 0 radical (unpaired) electrons. The third kappa shape index (κ3) is 2.17. The van der Waals surface area contributed by atoms with Gasteiger partial charge >= 0.3 is 0 Å². The summed E-state index contributed by atoms with van der Waals surface area (Å²) in [5, 5.41) is 22.2. The Morgan fingerprint density at radius 1 is 1.17 bits per heavy atom. The molecule has 5 heteroatoms. The number of fused-ring (bicyclic) bond motifs is 1. The van der Waals surface area contributed by atoms with Crippen molar-refractivity contribution >= 4 is 10.9 Å². The number of rotatable bonds is 2. The molecule has 0 aliphatic heterocycles. The second-order valence-corrected chi connectivity index (χ2v) is 5.84. The van der Waals surface area contributed by atoms with E-state index in [9.17, 15) is 5.26 Å².